The molecule has 3 aromatic carbocycles. The summed E-state index contributed by atoms with van der Waals surface area (Å²) in [6, 6.07) is 17.6. The van der Waals surface area contributed by atoms with Gasteiger partial charge in [0.05, 0.1) is 10.4 Å². The van der Waals surface area contributed by atoms with E-state index in [-0.39, 0.29) is 10.5 Å². The van der Waals surface area contributed by atoms with Gasteiger partial charge >= 0.3 is 0 Å². The van der Waals surface area contributed by atoms with Gasteiger partial charge < -0.3 is 9.80 Å². The molecule has 1 aromatic heterocycles. The van der Waals surface area contributed by atoms with E-state index in [9.17, 15) is 18.0 Å². The maximum Gasteiger partial charge on any atom is 0.274 e. The van der Waals surface area contributed by atoms with E-state index in [1.165, 1.54) is 15.1 Å². The van der Waals surface area contributed by atoms with Crippen LogP contribution in [0.2, 0.25) is 0 Å². The zero-order valence-corrected chi connectivity index (χ0v) is 21.9. The quantitative estimate of drug-likeness (QED) is 0.261. The molecule has 0 unspecified atom stereocenters. The molecule has 2 heterocycles. The lowest BCUT2D eigenvalue weighted by Crippen LogP contribution is -2.51. The van der Waals surface area contributed by atoms with Gasteiger partial charge in [-0.3, -0.25) is 9.59 Å². The number of aromatic nitrogens is 1. The lowest BCUT2D eigenvalue weighted by atomic mass is 10.1. The zero-order chi connectivity index (χ0) is 25.7. The molecule has 1 aliphatic rings. The van der Waals surface area contributed by atoms with Gasteiger partial charge in [-0.1, -0.05) is 77.3 Å². The number of rotatable bonds is 4. The van der Waals surface area contributed by atoms with Gasteiger partial charge in [-0.05, 0) is 23.6 Å². The fraction of sp³-hybridized carbons (Fsp3) is 0.200. The molecule has 1 amide bonds. The minimum Gasteiger partial charge on any atom is -0.367 e. The number of piperazine rings is 1. The molecule has 1 aliphatic heterocycles. The van der Waals surface area contributed by atoms with Crippen molar-refractivity contribution < 1.29 is 18.0 Å². The largest absolute Gasteiger partial charge is 0.367 e. The summed E-state index contributed by atoms with van der Waals surface area (Å²) in [5.74, 6) is -0.591. The second-order valence-electron chi connectivity index (χ2n) is 8.43. The second-order valence-corrected chi connectivity index (χ2v) is 12.5. The van der Waals surface area contributed by atoms with E-state index in [1.54, 1.807) is 36.4 Å². The predicted octanol–water partition coefficient (Wildman–Crippen LogP) is 4.86. The number of benzene rings is 3. The van der Waals surface area contributed by atoms with E-state index in [1.807, 2.05) is 29.2 Å². The molecule has 1 saturated heterocycles. The number of hydrogen-bond acceptors (Lipinski definition) is 5. The van der Waals surface area contributed by atoms with Crippen molar-refractivity contribution in [2.24, 2.45) is 0 Å². The van der Waals surface area contributed by atoms with Crippen LogP contribution in [0, 0.1) is 0 Å². The van der Waals surface area contributed by atoms with Crippen molar-refractivity contribution >= 4 is 84.4 Å². The molecule has 36 heavy (non-hydrogen) atoms. The van der Waals surface area contributed by atoms with Gasteiger partial charge in [0.15, 0.2) is 6.29 Å². The number of fused-ring (bicyclic) bond motifs is 2. The monoisotopic (exact) mass is 563 g/mol. The molecule has 5 rings (SSSR count). The van der Waals surface area contributed by atoms with E-state index in [0.29, 0.717) is 54.4 Å². The summed E-state index contributed by atoms with van der Waals surface area (Å²) in [4.78, 5) is 28.0. The third kappa shape index (κ3) is 4.22. The van der Waals surface area contributed by atoms with Gasteiger partial charge in [-0.25, -0.2) is 12.4 Å². The van der Waals surface area contributed by atoms with Crippen LogP contribution in [0.25, 0.3) is 21.7 Å². The van der Waals surface area contributed by atoms with Crippen molar-refractivity contribution in [2.75, 3.05) is 31.1 Å². The molecule has 0 atom stereocenters. The van der Waals surface area contributed by atoms with Gasteiger partial charge in [0.1, 0.15) is 0 Å². The van der Waals surface area contributed by atoms with Crippen molar-refractivity contribution in [3.8, 4) is 0 Å². The maximum absolute atomic E-state index is 13.8. The number of halogens is 3. The summed E-state index contributed by atoms with van der Waals surface area (Å²) in [6.07, 6.45) is 2.02. The second kappa shape index (κ2) is 9.27. The standard InChI is InChI=1S/C25H20Cl3N3O4S/c26-25(27,28)24(33)30-13-11-29(12-14-30)20-8-4-9-21-23(20)18(16-32)15-31(21)36(34,35)22-10-3-6-17-5-1-2-7-19(17)22/h1-10,15-16H,11-14H2. The normalized spacial score (nSPS) is 15.0. The van der Waals surface area contributed by atoms with Gasteiger partial charge in [-0.2, -0.15) is 0 Å². The highest BCUT2D eigenvalue weighted by Gasteiger charge is 2.37. The van der Waals surface area contributed by atoms with E-state index in [0.717, 1.165) is 5.39 Å². The Morgan fingerprint density at radius 3 is 2.25 bits per heavy atom. The average Bonchev–Trinajstić information content (AvgIpc) is 3.27. The van der Waals surface area contributed by atoms with Crippen LogP contribution in [0.15, 0.2) is 71.8 Å². The lowest BCUT2D eigenvalue weighted by Gasteiger charge is -2.37. The number of carbonyl (C=O) groups excluding carboxylic acids is 2. The van der Waals surface area contributed by atoms with Gasteiger partial charge in [0.2, 0.25) is 0 Å². The average molecular weight is 565 g/mol. The lowest BCUT2D eigenvalue weighted by molar-refractivity contribution is -0.130. The first-order valence-corrected chi connectivity index (χ1v) is 13.6. The number of alkyl halides is 3. The molecule has 186 valence electrons. The summed E-state index contributed by atoms with van der Waals surface area (Å²) in [6.45, 7) is 1.47. The van der Waals surface area contributed by atoms with Crippen molar-refractivity contribution in [2.45, 2.75) is 8.69 Å². The SMILES string of the molecule is O=Cc1cn(S(=O)(=O)c2cccc3ccccc23)c2cccc(N3CCN(C(=O)C(Cl)(Cl)Cl)CC3)c12. The van der Waals surface area contributed by atoms with Crippen LogP contribution in [0.4, 0.5) is 5.69 Å². The Bertz CT molecular complexity index is 1600. The number of amides is 1. The van der Waals surface area contributed by atoms with Crippen LogP contribution >= 0.6 is 34.8 Å². The van der Waals surface area contributed by atoms with Crippen molar-refractivity contribution in [3.63, 3.8) is 0 Å². The van der Waals surface area contributed by atoms with Crippen LogP contribution in [-0.4, -0.2) is 59.5 Å². The minimum absolute atomic E-state index is 0.152. The first-order chi connectivity index (χ1) is 17.1. The molecule has 0 spiro atoms. The van der Waals surface area contributed by atoms with Crippen LogP contribution < -0.4 is 4.90 Å². The van der Waals surface area contributed by atoms with Crippen molar-refractivity contribution in [3.05, 3.63) is 72.4 Å². The Morgan fingerprint density at radius 1 is 0.889 bits per heavy atom. The van der Waals surface area contributed by atoms with Crippen LogP contribution in [0.5, 0.6) is 0 Å². The summed E-state index contributed by atoms with van der Waals surface area (Å²) < 4.78 is 26.8. The molecule has 1 fully saturated rings. The predicted molar refractivity (Wildman–Crippen MR) is 143 cm³/mol. The fourth-order valence-corrected chi connectivity index (χ4v) is 6.62. The Kier molecular flexibility index (Phi) is 6.41. The molecule has 0 bridgehead atoms. The summed E-state index contributed by atoms with van der Waals surface area (Å²) >= 11 is 17.2. The fourth-order valence-electron chi connectivity index (χ4n) is 4.68. The van der Waals surface area contributed by atoms with Crippen molar-refractivity contribution in [1.82, 2.24) is 8.87 Å². The topological polar surface area (TPSA) is 79.7 Å². The van der Waals surface area contributed by atoms with Crippen molar-refractivity contribution in [1.29, 1.82) is 0 Å². The van der Waals surface area contributed by atoms with E-state index < -0.39 is 19.7 Å². The highest BCUT2D eigenvalue weighted by molar-refractivity contribution is 7.90. The number of anilines is 1. The highest BCUT2D eigenvalue weighted by Crippen LogP contribution is 2.35. The summed E-state index contributed by atoms with van der Waals surface area (Å²) in [7, 11) is -4.02. The maximum atomic E-state index is 13.8. The molecular weight excluding hydrogens is 545 g/mol. The molecule has 0 radical (unpaired) electrons. The molecule has 4 aromatic rings. The van der Waals surface area contributed by atoms with Gasteiger partial charge in [-0.15, -0.1) is 0 Å². The molecular formula is C25H20Cl3N3O4S. The minimum atomic E-state index is -4.02. The molecule has 0 saturated carbocycles. The molecule has 0 N–H and O–H groups in total. The number of aldehydes is 1. The zero-order valence-electron chi connectivity index (χ0n) is 18.8. The first kappa shape index (κ1) is 24.9. The Balaban J connectivity index is 1.57. The van der Waals surface area contributed by atoms with E-state index in [4.69, 9.17) is 34.8 Å². The highest BCUT2D eigenvalue weighted by atomic mass is 35.6. The first-order valence-electron chi connectivity index (χ1n) is 11.1. The summed E-state index contributed by atoms with van der Waals surface area (Å²) in [5, 5.41) is 1.92. The number of hydrogen-bond donors (Lipinski definition) is 0. The Morgan fingerprint density at radius 2 is 1.56 bits per heavy atom. The number of carbonyl (C=O) groups is 2. The molecule has 7 nitrogen and oxygen atoms in total. The van der Waals surface area contributed by atoms with E-state index >= 15 is 0 Å². The Labute approximate surface area is 222 Å². The number of nitrogens with zero attached hydrogens (tertiary/aromatic N) is 3. The van der Waals surface area contributed by atoms with Gasteiger partial charge in [0, 0.05) is 54.4 Å². The third-order valence-corrected chi connectivity index (χ3v) is 8.58. The molecule has 0 aliphatic carbocycles. The van der Waals surface area contributed by atoms with Crippen LogP contribution in [-0.2, 0) is 14.8 Å². The Hall–Kier alpha value is -2.78. The van der Waals surface area contributed by atoms with E-state index in [2.05, 4.69) is 0 Å². The van der Waals surface area contributed by atoms with Crippen LogP contribution in [0.1, 0.15) is 10.4 Å². The smallest absolute Gasteiger partial charge is 0.274 e. The van der Waals surface area contributed by atoms with Crippen LogP contribution in [0.3, 0.4) is 0 Å². The summed E-state index contributed by atoms with van der Waals surface area (Å²) in [5.41, 5.74) is 1.34. The van der Waals surface area contributed by atoms with Gasteiger partial charge in [0.25, 0.3) is 19.7 Å². The third-order valence-electron chi connectivity index (χ3n) is 6.37. The molecule has 11 heteroatoms.